The van der Waals surface area contributed by atoms with Crippen LogP contribution in [-0.2, 0) is 6.54 Å². The Bertz CT molecular complexity index is 661. The van der Waals surface area contributed by atoms with E-state index in [2.05, 4.69) is 9.84 Å². The first-order valence-electron chi connectivity index (χ1n) is 6.08. The summed E-state index contributed by atoms with van der Waals surface area (Å²) in [5.41, 5.74) is 0.420. The fraction of sp³-hybridized carbons (Fsp3) is 0.308. The van der Waals surface area contributed by atoms with Gasteiger partial charge in [0.05, 0.1) is 6.54 Å². The average Bonchev–Trinajstić information content (AvgIpc) is 2.69. The lowest BCUT2D eigenvalue weighted by atomic mass is 10.3. The molecule has 0 atom stereocenters. The SMILES string of the molecule is Cc1c[nH]n(CCOc2cccc(OC(F)(F)F)c2)c1=O. The van der Waals surface area contributed by atoms with Crippen LogP contribution in [-0.4, -0.2) is 22.7 Å². The summed E-state index contributed by atoms with van der Waals surface area (Å²) in [5.74, 6) is -0.124. The highest BCUT2D eigenvalue weighted by Gasteiger charge is 2.31. The van der Waals surface area contributed by atoms with Crippen LogP contribution in [0.25, 0.3) is 0 Å². The van der Waals surface area contributed by atoms with Crippen LogP contribution in [0.1, 0.15) is 5.56 Å². The number of rotatable bonds is 5. The number of hydrogen-bond acceptors (Lipinski definition) is 3. The molecule has 0 aliphatic carbocycles. The first-order valence-corrected chi connectivity index (χ1v) is 6.08. The van der Waals surface area contributed by atoms with Gasteiger partial charge >= 0.3 is 6.36 Å². The molecule has 0 saturated carbocycles. The number of benzene rings is 1. The van der Waals surface area contributed by atoms with Crippen LogP contribution in [0.5, 0.6) is 11.5 Å². The molecule has 0 saturated heterocycles. The van der Waals surface area contributed by atoms with Gasteiger partial charge in [-0.15, -0.1) is 13.2 Å². The van der Waals surface area contributed by atoms with Gasteiger partial charge in [0.15, 0.2) is 0 Å². The first-order chi connectivity index (χ1) is 9.85. The molecule has 1 N–H and O–H groups in total. The Morgan fingerprint density at radius 3 is 2.62 bits per heavy atom. The summed E-state index contributed by atoms with van der Waals surface area (Å²) < 4.78 is 46.7. The molecule has 1 heterocycles. The normalized spacial score (nSPS) is 11.4. The predicted octanol–water partition coefficient (Wildman–Crippen LogP) is 2.46. The van der Waals surface area contributed by atoms with Gasteiger partial charge in [-0.05, 0) is 19.1 Å². The lowest BCUT2D eigenvalue weighted by Crippen LogP contribution is -2.21. The summed E-state index contributed by atoms with van der Waals surface area (Å²) in [6, 6.07) is 5.21. The van der Waals surface area contributed by atoms with Crippen molar-refractivity contribution in [3.8, 4) is 11.5 Å². The Kier molecular flexibility index (Phi) is 4.25. The van der Waals surface area contributed by atoms with Crippen LogP contribution in [0.3, 0.4) is 0 Å². The van der Waals surface area contributed by atoms with Crippen molar-refractivity contribution in [2.75, 3.05) is 6.61 Å². The van der Waals surface area contributed by atoms with Crippen LogP contribution in [0, 0.1) is 6.92 Å². The van der Waals surface area contributed by atoms with Gasteiger partial charge in [-0.1, -0.05) is 6.07 Å². The fourth-order valence-corrected chi connectivity index (χ4v) is 1.69. The number of H-pyrrole nitrogens is 1. The number of aromatic nitrogens is 2. The van der Waals surface area contributed by atoms with E-state index in [0.29, 0.717) is 5.56 Å². The summed E-state index contributed by atoms with van der Waals surface area (Å²) in [7, 11) is 0. The minimum absolute atomic E-state index is 0.134. The van der Waals surface area contributed by atoms with E-state index in [1.807, 2.05) is 0 Å². The van der Waals surface area contributed by atoms with Crippen molar-refractivity contribution in [2.24, 2.45) is 0 Å². The summed E-state index contributed by atoms with van der Waals surface area (Å²) in [6.07, 6.45) is -3.17. The van der Waals surface area contributed by atoms with Crippen molar-refractivity contribution in [1.29, 1.82) is 0 Å². The summed E-state index contributed by atoms with van der Waals surface area (Å²) in [6.45, 7) is 2.07. The molecule has 0 aliphatic heterocycles. The quantitative estimate of drug-likeness (QED) is 0.923. The summed E-state index contributed by atoms with van der Waals surface area (Å²) in [4.78, 5) is 11.6. The molecule has 0 amide bonds. The number of aryl methyl sites for hydroxylation is 1. The third kappa shape index (κ3) is 4.30. The topological polar surface area (TPSA) is 56.2 Å². The highest BCUT2D eigenvalue weighted by molar-refractivity contribution is 5.33. The molecule has 5 nitrogen and oxygen atoms in total. The molecule has 21 heavy (non-hydrogen) atoms. The van der Waals surface area contributed by atoms with E-state index in [0.717, 1.165) is 6.07 Å². The van der Waals surface area contributed by atoms with Gasteiger partial charge in [0, 0.05) is 17.8 Å². The average molecular weight is 302 g/mol. The highest BCUT2D eigenvalue weighted by Crippen LogP contribution is 2.25. The molecule has 114 valence electrons. The molecule has 0 radical (unpaired) electrons. The molecule has 2 aromatic rings. The lowest BCUT2D eigenvalue weighted by molar-refractivity contribution is -0.274. The number of aromatic amines is 1. The van der Waals surface area contributed by atoms with Crippen molar-refractivity contribution in [3.05, 3.63) is 46.4 Å². The Morgan fingerprint density at radius 1 is 1.29 bits per heavy atom. The van der Waals surface area contributed by atoms with E-state index in [4.69, 9.17) is 4.74 Å². The molecule has 1 aromatic heterocycles. The van der Waals surface area contributed by atoms with Crippen LogP contribution in [0.15, 0.2) is 35.3 Å². The van der Waals surface area contributed by atoms with Crippen molar-refractivity contribution >= 4 is 0 Å². The third-order valence-electron chi connectivity index (χ3n) is 2.64. The molecule has 0 unspecified atom stereocenters. The smallest absolute Gasteiger partial charge is 0.492 e. The fourth-order valence-electron chi connectivity index (χ4n) is 1.69. The van der Waals surface area contributed by atoms with Crippen molar-refractivity contribution in [1.82, 2.24) is 9.78 Å². The van der Waals surface area contributed by atoms with Crippen LogP contribution in [0.4, 0.5) is 13.2 Å². The van der Waals surface area contributed by atoms with Crippen LogP contribution in [0.2, 0.25) is 0 Å². The van der Waals surface area contributed by atoms with E-state index in [1.54, 1.807) is 13.1 Å². The number of hydrogen-bond donors (Lipinski definition) is 1. The zero-order valence-electron chi connectivity index (χ0n) is 11.1. The van der Waals surface area contributed by atoms with Crippen molar-refractivity contribution in [3.63, 3.8) is 0 Å². The molecular weight excluding hydrogens is 289 g/mol. The third-order valence-corrected chi connectivity index (χ3v) is 2.64. The Balaban J connectivity index is 1.93. The monoisotopic (exact) mass is 302 g/mol. The maximum atomic E-state index is 12.1. The Labute approximate surface area is 117 Å². The maximum Gasteiger partial charge on any atom is 0.573 e. The van der Waals surface area contributed by atoms with Gasteiger partial charge in [-0.25, -0.2) is 4.68 Å². The standard InChI is InChI=1S/C13H13F3N2O3/c1-9-8-17-18(12(9)19)5-6-20-10-3-2-4-11(7-10)21-13(14,15)16/h2-4,7-8,17H,5-6H2,1H3. The number of alkyl halides is 3. The minimum atomic E-state index is -4.74. The Hall–Kier alpha value is -2.38. The van der Waals surface area contributed by atoms with Gasteiger partial charge in [-0.3, -0.25) is 4.79 Å². The van der Waals surface area contributed by atoms with Gasteiger partial charge < -0.3 is 14.6 Å². The molecule has 0 spiro atoms. The molecule has 1 aromatic carbocycles. The maximum absolute atomic E-state index is 12.1. The largest absolute Gasteiger partial charge is 0.573 e. The second-order valence-electron chi connectivity index (χ2n) is 4.28. The van der Waals surface area contributed by atoms with E-state index in [-0.39, 0.29) is 30.2 Å². The van der Waals surface area contributed by atoms with Gasteiger partial charge in [-0.2, -0.15) is 0 Å². The second-order valence-corrected chi connectivity index (χ2v) is 4.28. The molecular formula is C13H13F3N2O3. The van der Waals surface area contributed by atoms with Gasteiger partial charge in [0.2, 0.25) is 0 Å². The first kappa shape index (κ1) is 15.0. The zero-order valence-corrected chi connectivity index (χ0v) is 11.1. The number of ether oxygens (including phenoxy) is 2. The predicted molar refractivity (Wildman–Crippen MR) is 68.4 cm³/mol. The van der Waals surface area contributed by atoms with Crippen molar-refractivity contribution < 1.29 is 22.6 Å². The summed E-state index contributed by atoms with van der Waals surface area (Å²) in [5, 5.41) is 2.75. The highest BCUT2D eigenvalue weighted by atomic mass is 19.4. The van der Waals surface area contributed by atoms with Gasteiger partial charge in [0.25, 0.3) is 5.56 Å². The molecule has 0 fully saturated rings. The molecule has 0 aliphatic rings. The van der Waals surface area contributed by atoms with E-state index in [9.17, 15) is 18.0 Å². The molecule has 2 rings (SSSR count). The van der Waals surface area contributed by atoms with Gasteiger partial charge in [0.1, 0.15) is 18.1 Å². The van der Waals surface area contributed by atoms with Crippen LogP contribution < -0.4 is 15.0 Å². The molecule has 8 heteroatoms. The van der Waals surface area contributed by atoms with Crippen LogP contribution >= 0.6 is 0 Å². The Morgan fingerprint density at radius 2 is 2.00 bits per heavy atom. The minimum Gasteiger partial charge on any atom is -0.492 e. The zero-order chi connectivity index (χ0) is 15.5. The second kappa shape index (κ2) is 5.94. The van der Waals surface area contributed by atoms with Crippen molar-refractivity contribution in [2.45, 2.75) is 19.8 Å². The van der Waals surface area contributed by atoms with E-state index in [1.165, 1.54) is 22.9 Å². The number of nitrogens with one attached hydrogen (secondary N) is 1. The van der Waals surface area contributed by atoms with E-state index >= 15 is 0 Å². The summed E-state index contributed by atoms with van der Waals surface area (Å²) >= 11 is 0. The number of nitrogens with zero attached hydrogens (tertiary/aromatic N) is 1. The molecule has 0 bridgehead atoms. The number of halogens is 3. The van der Waals surface area contributed by atoms with E-state index < -0.39 is 6.36 Å². The lowest BCUT2D eigenvalue weighted by Gasteiger charge is -2.11.